The van der Waals surface area contributed by atoms with E-state index >= 15 is 0 Å². The van der Waals surface area contributed by atoms with Crippen molar-refractivity contribution in [3.8, 4) is 0 Å². The standard InChI is InChI=1S/C15H21FN2O/c1-10(11-5-4-6-12(16)9-11)18-15(19)13-7-2-3-8-14(13)17/h4-6,9-10,13-14H,2-3,7-8,17H2,1H3,(H,18,19). The third-order valence-corrected chi connectivity index (χ3v) is 3.86. The van der Waals surface area contributed by atoms with Crippen molar-refractivity contribution in [3.63, 3.8) is 0 Å². The highest BCUT2D eigenvalue weighted by atomic mass is 19.1. The van der Waals surface area contributed by atoms with E-state index in [1.54, 1.807) is 6.07 Å². The van der Waals surface area contributed by atoms with Crippen LogP contribution in [0.4, 0.5) is 4.39 Å². The highest BCUT2D eigenvalue weighted by Crippen LogP contribution is 2.24. The van der Waals surface area contributed by atoms with Gasteiger partial charge in [0.2, 0.25) is 5.91 Å². The molecule has 3 N–H and O–H groups in total. The Hall–Kier alpha value is -1.42. The lowest BCUT2D eigenvalue weighted by Crippen LogP contribution is -2.44. The van der Waals surface area contributed by atoms with Crippen molar-refractivity contribution < 1.29 is 9.18 Å². The van der Waals surface area contributed by atoms with Crippen LogP contribution in [-0.4, -0.2) is 11.9 Å². The molecule has 2 rings (SSSR count). The fraction of sp³-hybridized carbons (Fsp3) is 0.533. The van der Waals surface area contributed by atoms with Crippen LogP contribution in [-0.2, 0) is 4.79 Å². The van der Waals surface area contributed by atoms with Crippen molar-refractivity contribution in [2.24, 2.45) is 11.7 Å². The first-order valence-corrected chi connectivity index (χ1v) is 6.89. The number of benzene rings is 1. The smallest absolute Gasteiger partial charge is 0.225 e. The van der Waals surface area contributed by atoms with Gasteiger partial charge in [0.25, 0.3) is 0 Å². The first-order chi connectivity index (χ1) is 9.08. The summed E-state index contributed by atoms with van der Waals surface area (Å²) in [7, 11) is 0. The molecule has 104 valence electrons. The van der Waals surface area contributed by atoms with E-state index in [9.17, 15) is 9.18 Å². The van der Waals surface area contributed by atoms with Crippen molar-refractivity contribution in [2.45, 2.75) is 44.7 Å². The highest BCUT2D eigenvalue weighted by Gasteiger charge is 2.28. The number of rotatable bonds is 3. The van der Waals surface area contributed by atoms with Gasteiger partial charge in [0.05, 0.1) is 12.0 Å². The fourth-order valence-corrected chi connectivity index (χ4v) is 2.66. The number of carbonyl (C=O) groups is 1. The molecule has 0 heterocycles. The van der Waals surface area contributed by atoms with Crippen molar-refractivity contribution >= 4 is 5.91 Å². The molecule has 0 bridgehead atoms. The minimum atomic E-state index is -0.284. The van der Waals surface area contributed by atoms with E-state index in [1.165, 1.54) is 12.1 Å². The monoisotopic (exact) mass is 264 g/mol. The lowest BCUT2D eigenvalue weighted by molar-refractivity contribution is -0.127. The fourth-order valence-electron chi connectivity index (χ4n) is 2.66. The average molecular weight is 264 g/mol. The zero-order chi connectivity index (χ0) is 13.8. The highest BCUT2D eigenvalue weighted by molar-refractivity contribution is 5.79. The van der Waals surface area contributed by atoms with Crippen LogP contribution in [0.5, 0.6) is 0 Å². The molecule has 3 unspecified atom stereocenters. The second-order valence-corrected chi connectivity index (χ2v) is 5.34. The number of halogens is 1. The number of nitrogens with one attached hydrogen (secondary N) is 1. The van der Waals surface area contributed by atoms with Crippen LogP contribution >= 0.6 is 0 Å². The maximum atomic E-state index is 13.1. The molecule has 4 heteroatoms. The van der Waals surface area contributed by atoms with E-state index in [0.29, 0.717) is 0 Å². The Morgan fingerprint density at radius 2 is 2.16 bits per heavy atom. The summed E-state index contributed by atoms with van der Waals surface area (Å²) in [6.45, 7) is 1.86. The van der Waals surface area contributed by atoms with E-state index in [0.717, 1.165) is 31.2 Å². The topological polar surface area (TPSA) is 55.1 Å². The van der Waals surface area contributed by atoms with Crippen LogP contribution in [0, 0.1) is 11.7 Å². The molecule has 0 saturated heterocycles. The maximum absolute atomic E-state index is 13.1. The second-order valence-electron chi connectivity index (χ2n) is 5.34. The van der Waals surface area contributed by atoms with Gasteiger partial charge in [-0.15, -0.1) is 0 Å². The van der Waals surface area contributed by atoms with Gasteiger partial charge in [0.15, 0.2) is 0 Å². The van der Waals surface area contributed by atoms with Crippen LogP contribution in [0.25, 0.3) is 0 Å². The van der Waals surface area contributed by atoms with Crippen LogP contribution in [0.3, 0.4) is 0 Å². The summed E-state index contributed by atoms with van der Waals surface area (Å²) in [5.41, 5.74) is 6.77. The van der Waals surface area contributed by atoms with Crippen molar-refractivity contribution in [2.75, 3.05) is 0 Å². The van der Waals surface area contributed by atoms with Crippen LogP contribution in [0.15, 0.2) is 24.3 Å². The molecule has 0 radical (unpaired) electrons. The Morgan fingerprint density at radius 1 is 1.42 bits per heavy atom. The summed E-state index contributed by atoms with van der Waals surface area (Å²) >= 11 is 0. The summed E-state index contributed by atoms with van der Waals surface area (Å²) in [5.74, 6) is -0.401. The third kappa shape index (κ3) is 3.53. The largest absolute Gasteiger partial charge is 0.349 e. The zero-order valence-electron chi connectivity index (χ0n) is 11.2. The molecule has 19 heavy (non-hydrogen) atoms. The predicted octanol–water partition coefficient (Wildman–Crippen LogP) is 2.52. The van der Waals surface area contributed by atoms with Crippen LogP contribution in [0.1, 0.15) is 44.2 Å². The minimum Gasteiger partial charge on any atom is -0.349 e. The third-order valence-electron chi connectivity index (χ3n) is 3.86. The van der Waals surface area contributed by atoms with Crippen LogP contribution < -0.4 is 11.1 Å². The first kappa shape index (κ1) is 14.0. The Kier molecular flexibility index (Phi) is 4.53. The molecule has 1 amide bonds. The molecule has 0 aliphatic heterocycles. The predicted molar refractivity (Wildman–Crippen MR) is 72.9 cm³/mol. The van der Waals surface area contributed by atoms with E-state index in [-0.39, 0.29) is 29.7 Å². The molecule has 1 aliphatic rings. The number of nitrogens with two attached hydrogens (primary N) is 1. The van der Waals surface area contributed by atoms with Crippen LogP contribution in [0.2, 0.25) is 0 Å². The van der Waals surface area contributed by atoms with Gasteiger partial charge in [-0.3, -0.25) is 4.79 Å². The van der Waals surface area contributed by atoms with Gasteiger partial charge in [0, 0.05) is 6.04 Å². The van der Waals surface area contributed by atoms with Gasteiger partial charge in [-0.2, -0.15) is 0 Å². The molecule has 1 saturated carbocycles. The van der Waals surface area contributed by atoms with Crippen molar-refractivity contribution in [1.29, 1.82) is 0 Å². The lowest BCUT2D eigenvalue weighted by atomic mass is 9.84. The molecule has 1 aromatic carbocycles. The zero-order valence-corrected chi connectivity index (χ0v) is 11.2. The first-order valence-electron chi connectivity index (χ1n) is 6.89. The number of amides is 1. The molecule has 3 nitrogen and oxygen atoms in total. The summed E-state index contributed by atoms with van der Waals surface area (Å²) in [6, 6.07) is 6.07. The maximum Gasteiger partial charge on any atom is 0.225 e. The second kappa shape index (κ2) is 6.15. The minimum absolute atomic E-state index is 0.0102. The van der Waals surface area contributed by atoms with Gasteiger partial charge in [-0.05, 0) is 37.5 Å². The molecule has 0 aromatic heterocycles. The molecular formula is C15H21FN2O. The Labute approximate surface area is 113 Å². The van der Waals surface area contributed by atoms with Gasteiger partial charge < -0.3 is 11.1 Å². The SMILES string of the molecule is CC(NC(=O)C1CCCCC1N)c1cccc(F)c1. The van der Waals surface area contributed by atoms with E-state index in [1.807, 2.05) is 13.0 Å². The normalized spacial score (nSPS) is 24.8. The van der Waals surface area contributed by atoms with Gasteiger partial charge in [-0.25, -0.2) is 4.39 Å². The molecule has 3 atom stereocenters. The Bertz CT molecular complexity index is 450. The average Bonchev–Trinajstić information content (AvgIpc) is 2.39. The number of hydrogen-bond donors (Lipinski definition) is 2. The summed E-state index contributed by atoms with van der Waals surface area (Å²) in [5, 5.41) is 2.94. The number of carbonyl (C=O) groups excluding carboxylic acids is 1. The van der Waals surface area contributed by atoms with E-state index in [4.69, 9.17) is 5.73 Å². The van der Waals surface area contributed by atoms with E-state index < -0.39 is 0 Å². The van der Waals surface area contributed by atoms with Gasteiger partial charge >= 0.3 is 0 Å². The van der Waals surface area contributed by atoms with Crippen molar-refractivity contribution in [1.82, 2.24) is 5.32 Å². The molecule has 1 aromatic rings. The Morgan fingerprint density at radius 3 is 2.84 bits per heavy atom. The molecule has 1 fully saturated rings. The molecular weight excluding hydrogens is 243 g/mol. The summed E-state index contributed by atoms with van der Waals surface area (Å²) in [6.07, 6.45) is 3.92. The molecule has 1 aliphatic carbocycles. The molecule has 0 spiro atoms. The quantitative estimate of drug-likeness (QED) is 0.881. The van der Waals surface area contributed by atoms with Crippen molar-refractivity contribution in [3.05, 3.63) is 35.6 Å². The summed E-state index contributed by atoms with van der Waals surface area (Å²) in [4.78, 5) is 12.2. The van der Waals surface area contributed by atoms with Gasteiger partial charge in [-0.1, -0.05) is 25.0 Å². The lowest BCUT2D eigenvalue weighted by Gasteiger charge is -2.28. The number of hydrogen-bond acceptors (Lipinski definition) is 2. The summed E-state index contributed by atoms with van der Waals surface area (Å²) < 4.78 is 13.1. The van der Waals surface area contributed by atoms with Gasteiger partial charge in [0.1, 0.15) is 5.82 Å². The Balaban J connectivity index is 1.98. The van der Waals surface area contributed by atoms with E-state index in [2.05, 4.69) is 5.32 Å².